The van der Waals surface area contributed by atoms with Crippen molar-refractivity contribution in [2.75, 3.05) is 24.7 Å². The molecule has 0 aliphatic rings. The van der Waals surface area contributed by atoms with Crippen LogP contribution in [0.5, 0.6) is 0 Å². The molecule has 0 radical (unpaired) electrons. The van der Waals surface area contributed by atoms with E-state index in [1.165, 1.54) is 12.5 Å². The van der Waals surface area contributed by atoms with Crippen LogP contribution < -0.4 is 10.6 Å². The lowest BCUT2D eigenvalue weighted by Gasteiger charge is -2.15. The molecule has 1 aromatic heterocycles. The van der Waals surface area contributed by atoms with Crippen molar-refractivity contribution >= 4 is 28.6 Å². The van der Waals surface area contributed by atoms with E-state index in [2.05, 4.69) is 47.8 Å². The smallest absolute Gasteiger partial charge is 0.221 e. The summed E-state index contributed by atoms with van der Waals surface area (Å²) in [7, 11) is 4.12. The van der Waals surface area contributed by atoms with Gasteiger partial charge < -0.3 is 15.5 Å². The van der Waals surface area contributed by atoms with E-state index in [0.717, 1.165) is 22.8 Å². The summed E-state index contributed by atoms with van der Waals surface area (Å²) in [6.45, 7) is 3.13. The number of anilines is 2. The average Bonchev–Trinajstić information content (AvgIpc) is 2.83. The molecular formula is C16H21N3OS. The summed E-state index contributed by atoms with van der Waals surface area (Å²) >= 11 is 1.64. The molecule has 0 aliphatic carbocycles. The summed E-state index contributed by atoms with van der Waals surface area (Å²) in [4.78, 5) is 14.5. The number of nitrogens with one attached hydrogen (secondary N) is 2. The summed E-state index contributed by atoms with van der Waals surface area (Å²) in [5, 5.41) is 8.32. The van der Waals surface area contributed by atoms with Gasteiger partial charge in [-0.05, 0) is 37.2 Å². The fourth-order valence-electron chi connectivity index (χ4n) is 2.13. The van der Waals surface area contributed by atoms with E-state index >= 15 is 0 Å². The molecule has 0 atom stereocenters. The van der Waals surface area contributed by atoms with Crippen molar-refractivity contribution < 1.29 is 4.79 Å². The first-order valence-electron chi connectivity index (χ1n) is 6.86. The van der Waals surface area contributed by atoms with Crippen LogP contribution in [0.4, 0.5) is 11.4 Å². The molecule has 112 valence electrons. The second kappa shape index (κ2) is 7.24. The molecule has 5 heteroatoms. The normalized spacial score (nSPS) is 10.7. The summed E-state index contributed by atoms with van der Waals surface area (Å²) in [6, 6.07) is 10.2. The highest BCUT2D eigenvalue weighted by molar-refractivity contribution is 7.10. The Morgan fingerprint density at radius 2 is 1.95 bits per heavy atom. The van der Waals surface area contributed by atoms with Crippen molar-refractivity contribution in [2.45, 2.75) is 20.0 Å². The van der Waals surface area contributed by atoms with Gasteiger partial charge in [0.15, 0.2) is 0 Å². The number of rotatable bonds is 6. The van der Waals surface area contributed by atoms with Crippen LogP contribution in [0.2, 0.25) is 0 Å². The molecule has 2 rings (SSSR count). The molecule has 0 spiro atoms. The van der Waals surface area contributed by atoms with Crippen molar-refractivity contribution in [3.05, 3.63) is 46.2 Å². The van der Waals surface area contributed by atoms with E-state index in [1.807, 2.05) is 17.5 Å². The number of benzene rings is 1. The number of hydrogen-bond donors (Lipinski definition) is 2. The molecule has 1 amide bonds. The van der Waals surface area contributed by atoms with Gasteiger partial charge in [-0.2, -0.15) is 0 Å². The fraction of sp³-hybridized carbons (Fsp3) is 0.312. The summed E-state index contributed by atoms with van der Waals surface area (Å²) in [5.74, 6) is -0.0392. The lowest BCUT2D eigenvalue weighted by atomic mass is 10.1. The van der Waals surface area contributed by atoms with E-state index in [9.17, 15) is 4.79 Å². The Kier molecular flexibility index (Phi) is 5.36. The maximum Gasteiger partial charge on any atom is 0.221 e. The zero-order valence-corrected chi connectivity index (χ0v) is 13.5. The fourth-order valence-corrected chi connectivity index (χ4v) is 2.90. The molecule has 0 saturated carbocycles. The summed E-state index contributed by atoms with van der Waals surface area (Å²) < 4.78 is 0. The zero-order valence-electron chi connectivity index (χ0n) is 12.6. The van der Waals surface area contributed by atoms with E-state index in [1.54, 1.807) is 11.3 Å². The molecule has 0 fully saturated rings. The Morgan fingerprint density at radius 1 is 1.19 bits per heavy atom. The third-order valence-electron chi connectivity index (χ3n) is 3.00. The number of amides is 1. The lowest BCUT2D eigenvalue weighted by Crippen LogP contribution is -2.13. The SMILES string of the molecule is CC(=O)Nc1ccsc1CNc1ccccc1CN(C)C. The molecule has 2 N–H and O–H groups in total. The van der Waals surface area contributed by atoms with E-state index in [-0.39, 0.29) is 5.91 Å². The topological polar surface area (TPSA) is 44.4 Å². The van der Waals surface area contributed by atoms with Gasteiger partial charge in [0, 0.05) is 24.0 Å². The molecule has 0 aliphatic heterocycles. The minimum atomic E-state index is -0.0392. The Labute approximate surface area is 129 Å². The summed E-state index contributed by atoms with van der Waals surface area (Å²) in [5.41, 5.74) is 3.29. The maximum absolute atomic E-state index is 11.2. The van der Waals surface area contributed by atoms with Crippen molar-refractivity contribution in [2.24, 2.45) is 0 Å². The van der Waals surface area contributed by atoms with Crippen LogP contribution in [0.1, 0.15) is 17.4 Å². The number of para-hydroxylation sites is 1. The van der Waals surface area contributed by atoms with Crippen LogP contribution in [0.3, 0.4) is 0 Å². The Morgan fingerprint density at radius 3 is 2.67 bits per heavy atom. The Balaban J connectivity index is 2.06. The second-order valence-corrected chi connectivity index (χ2v) is 6.19. The largest absolute Gasteiger partial charge is 0.380 e. The van der Waals surface area contributed by atoms with Crippen molar-refractivity contribution in [1.82, 2.24) is 4.90 Å². The van der Waals surface area contributed by atoms with E-state index in [4.69, 9.17) is 0 Å². The number of thiophene rings is 1. The van der Waals surface area contributed by atoms with Crippen LogP contribution in [0, 0.1) is 0 Å². The van der Waals surface area contributed by atoms with Gasteiger partial charge in [0.2, 0.25) is 5.91 Å². The third-order valence-corrected chi connectivity index (χ3v) is 3.92. The molecule has 21 heavy (non-hydrogen) atoms. The monoisotopic (exact) mass is 303 g/mol. The highest BCUT2D eigenvalue weighted by atomic mass is 32.1. The highest BCUT2D eigenvalue weighted by Gasteiger charge is 2.07. The van der Waals surface area contributed by atoms with Gasteiger partial charge in [0.1, 0.15) is 0 Å². The van der Waals surface area contributed by atoms with Crippen LogP contribution in [-0.2, 0) is 17.9 Å². The Bertz CT molecular complexity index is 607. The minimum Gasteiger partial charge on any atom is -0.380 e. The first-order chi connectivity index (χ1) is 10.1. The molecule has 4 nitrogen and oxygen atoms in total. The van der Waals surface area contributed by atoms with Crippen LogP contribution >= 0.6 is 11.3 Å². The van der Waals surface area contributed by atoms with E-state index < -0.39 is 0 Å². The van der Waals surface area contributed by atoms with Gasteiger partial charge in [-0.15, -0.1) is 11.3 Å². The molecule has 2 aromatic rings. The second-order valence-electron chi connectivity index (χ2n) is 5.19. The van der Waals surface area contributed by atoms with Gasteiger partial charge in [0.25, 0.3) is 0 Å². The Hall–Kier alpha value is -1.85. The van der Waals surface area contributed by atoms with Gasteiger partial charge in [0.05, 0.1) is 12.2 Å². The number of carbonyl (C=O) groups is 1. The first kappa shape index (κ1) is 15.5. The maximum atomic E-state index is 11.2. The van der Waals surface area contributed by atoms with Gasteiger partial charge in [-0.3, -0.25) is 4.79 Å². The molecule has 1 aromatic carbocycles. The first-order valence-corrected chi connectivity index (χ1v) is 7.74. The van der Waals surface area contributed by atoms with Crippen molar-refractivity contribution in [1.29, 1.82) is 0 Å². The minimum absolute atomic E-state index is 0.0392. The van der Waals surface area contributed by atoms with Crippen molar-refractivity contribution in [3.8, 4) is 0 Å². The molecule has 0 unspecified atom stereocenters. The van der Waals surface area contributed by atoms with Gasteiger partial charge >= 0.3 is 0 Å². The standard InChI is InChI=1S/C16H21N3OS/c1-12(20)18-15-8-9-21-16(15)10-17-14-7-5-4-6-13(14)11-19(2)3/h4-9,17H,10-11H2,1-3H3,(H,18,20). The van der Waals surface area contributed by atoms with Crippen LogP contribution in [0.25, 0.3) is 0 Å². The lowest BCUT2D eigenvalue weighted by molar-refractivity contribution is -0.114. The summed E-state index contributed by atoms with van der Waals surface area (Å²) in [6.07, 6.45) is 0. The quantitative estimate of drug-likeness (QED) is 0.860. The highest BCUT2D eigenvalue weighted by Crippen LogP contribution is 2.24. The predicted molar refractivity (Wildman–Crippen MR) is 89.8 cm³/mol. The van der Waals surface area contributed by atoms with E-state index in [0.29, 0.717) is 6.54 Å². The molecular weight excluding hydrogens is 282 g/mol. The molecule has 0 saturated heterocycles. The van der Waals surface area contributed by atoms with Crippen molar-refractivity contribution in [3.63, 3.8) is 0 Å². The number of carbonyl (C=O) groups excluding carboxylic acids is 1. The molecule has 1 heterocycles. The van der Waals surface area contributed by atoms with Crippen LogP contribution in [0.15, 0.2) is 35.7 Å². The molecule has 0 bridgehead atoms. The predicted octanol–water partition coefficient (Wildman–Crippen LogP) is 3.38. The average molecular weight is 303 g/mol. The van der Waals surface area contributed by atoms with Gasteiger partial charge in [-0.1, -0.05) is 18.2 Å². The van der Waals surface area contributed by atoms with Gasteiger partial charge in [-0.25, -0.2) is 0 Å². The number of hydrogen-bond acceptors (Lipinski definition) is 4. The van der Waals surface area contributed by atoms with Crippen LogP contribution in [-0.4, -0.2) is 24.9 Å². The number of nitrogens with zero attached hydrogens (tertiary/aromatic N) is 1. The zero-order chi connectivity index (χ0) is 15.2. The third kappa shape index (κ3) is 4.58.